The summed E-state index contributed by atoms with van der Waals surface area (Å²) in [7, 11) is 0. The highest BCUT2D eigenvalue weighted by atomic mass is 16.5. The third-order valence-corrected chi connectivity index (χ3v) is 2.47. The van der Waals surface area contributed by atoms with E-state index >= 15 is 0 Å². The van der Waals surface area contributed by atoms with E-state index in [-0.39, 0.29) is 11.7 Å². The van der Waals surface area contributed by atoms with Crippen LogP contribution in [0.2, 0.25) is 0 Å². The molecule has 0 radical (unpaired) electrons. The van der Waals surface area contributed by atoms with Crippen LogP contribution in [0.3, 0.4) is 0 Å². The molecule has 1 aromatic heterocycles. The van der Waals surface area contributed by atoms with Crippen LogP contribution >= 0.6 is 0 Å². The molecule has 1 aliphatic heterocycles. The van der Waals surface area contributed by atoms with Gasteiger partial charge in [0.05, 0.1) is 18.3 Å². The second-order valence-corrected chi connectivity index (χ2v) is 3.56. The van der Waals surface area contributed by atoms with Crippen LogP contribution < -0.4 is 11.3 Å². The Bertz CT molecular complexity index is 367. The van der Waals surface area contributed by atoms with Crippen molar-refractivity contribution in [1.29, 1.82) is 0 Å². The third kappa shape index (κ3) is 1.80. The van der Waals surface area contributed by atoms with Crippen molar-refractivity contribution in [2.75, 3.05) is 12.3 Å². The van der Waals surface area contributed by atoms with Gasteiger partial charge in [0.15, 0.2) is 0 Å². The third-order valence-electron chi connectivity index (χ3n) is 2.47. The topological polar surface area (TPSA) is 57.2 Å². The fraction of sp³-hybridized carbons (Fsp3) is 0.500. The average Bonchev–Trinajstić information content (AvgIpc) is 2.66. The van der Waals surface area contributed by atoms with Gasteiger partial charge in [-0.2, -0.15) is 0 Å². The zero-order chi connectivity index (χ0) is 9.97. The maximum atomic E-state index is 11.5. The van der Waals surface area contributed by atoms with Gasteiger partial charge in [-0.05, 0) is 25.0 Å². The van der Waals surface area contributed by atoms with Crippen LogP contribution in [0.1, 0.15) is 12.8 Å². The van der Waals surface area contributed by atoms with Gasteiger partial charge in [0.2, 0.25) is 0 Å². The van der Waals surface area contributed by atoms with Gasteiger partial charge in [-0.3, -0.25) is 4.79 Å². The number of nitrogens with two attached hydrogens (primary N) is 1. The minimum atomic E-state index is -0.122. The van der Waals surface area contributed by atoms with Crippen LogP contribution in [0.4, 0.5) is 5.69 Å². The first-order valence-corrected chi connectivity index (χ1v) is 4.84. The number of aromatic nitrogens is 1. The van der Waals surface area contributed by atoms with Gasteiger partial charge < -0.3 is 15.0 Å². The molecule has 0 saturated carbocycles. The van der Waals surface area contributed by atoms with E-state index in [9.17, 15) is 4.79 Å². The second kappa shape index (κ2) is 3.84. The first kappa shape index (κ1) is 9.27. The fourth-order valence-electron chi connectivity index (χ4n) is 1.71. The van der Waals surface area contributed by atoms with E-state index in [4.69, 9.17) is 10.5 Å². The van der Waals surface area contributed by atoms with Crippen molar-refractivity contribution in [3.05, 3.63) is 28.7 Å². The lowest BCUT2D eigenvalue weighted by molar-refractivity contribution is 0.0962. The van der Waals surface area contributed by atoms with Crippen LogP contribution in [-0.4, -0.2) is 17.3 Å². The van der Waals surface area contributed by atoms with Crippen molar-refractivity contribution in [1.82, 2.24) is 4.57 Å². The van der Waals surface area contributed by atoms with Crippen LogP contribution in [0.25, 0.3) is 0 Å². The van der Waals surface area contributed by atoms with E-state index in [2.05, 4.69) is 0 Å². The van der Waals surface area contributed by atoms with Crippen molar-refractivity contribution in [3.63, 3.8) is 0 Å². The Morgan fingerprint density at radius 3 is 3.21 bits per heavy atom. The van der Waals surface area contributed by atoms with Crippen molar-refractivity contribution < 1.29 is 4.74 Å². The summed E-state index contributed by atoms with van der Waals surface area (Å²) < 4.78 is 7.07. The highest BCUT2D eigenvalue weighted by Gasteiger charge is 2.16. The van der Waals surface area contributed by atoms with Gasteiger partial charge in [0.1, 0.15) is 0 Å². The van der Waals surface area contributed by atoms with E-state index < -0.39 is 0 Å². The Kier molecular flexibility index (Phi) is 2.54. The minimum absolute atomic E-state index is 0.122. The van der Waals surface area contributed by atoms with Crippen molar-refractivity contribution in [2.45, 2.75) is 25.5 Å². The Morgan fingerprint density at radius 2 is 2.50 bits per heavy atom. The van der Waals surface area contributed by atoms with Crippen molar-refractivity contribution in [2.24, 2.45) is 0 Å². The van der Waals surface area contributed by atoms with Crippen LogP contribution in [-0.2, 0) is 11.3 Å². The molecule has 2 N–H and O–H groups in total. The monoisotopic (exact) mass is 194 g/mol. The smallest absolute Gasteiger partial charge is 0.273 e. The average molecular weight is 194 g/mol. The molecule has 0 spiro atoms. The van der Waals surface area contributed by atoms with Crippen molar-refractivity contribution >= 4 is 5.69 Å². The molecular weight excluding hydrogens is 180 g/mol. The number of hydrogen-bond donors (Lipinski definition) is 1. The molecule has 1 fully saturated rings. The summed E-state index contributed by atoms with van der Waals surface area (Å²) in [6.45, 7) is 1.42. The summed E-state index contributed by atoms with van der Waals surface area (Å²) in [5, 5.41) is 0. The zero-order valence-corrected chi connectivity index (χ0v) is 7.98. The number of nitrogens with zero attached hydrogens (tertiary/aromatic N) is 1. The Labute approximate surface area is 82.3 Å². The lowest BCUT2D eigenvalue weighted by Gasteiger charge is -2.11. The maximum absolute atomic E-state index is 11.5. The van der Waals surface area contributed by atoms with Crippen molar-refractivity contribution in [3.8, 4) is 0 Å². The van der Waals surface area contributed by atoms with E-state index in [0.717, 1.165) is 19.4 Å². The summed E-state index contributed by atoms with van der Waals surface area (Å²) in [6, 6.07) is 3.40. The first-order valence-electron chi connectivity index (χ1n) is 4.84. The highest BCUT2D eigenvalue weighted by molar-refractivity contribution is 5.33. The summed E-state index contributed by atoms with van der Waals surface area (Å²) in [5.41, 5.74) is 5.70. The molecule has 1 saturated heterocycles. The quantitative estimate of drug-likeness (QED) is 0.750. The lowest BCUT2D eigenvalue weighted by atomic mass is 10.2. The summed E-state index contributed by atoms with van der Waals surface area (Å²) in [4.78, 5) is 11.5. The van der Waals surface area contributed by atoms with E-state index in [0.29, 0.717) is 12.2 Å². The summed E-state index contributed by atoms with van der Waals surface area (Å²) in [5.74, 6) is 0. The molecule has 1 atom stereocenters. The summed E-state index contributed by atoms with van der Waals surface area (Å²) in [6.07, 6.45) is 4.04. The Morgan fingerprint density at radius 1 is 1.64 bits per heavy atom. The molecule has 0 amide bonds. The molecule has 1 unspecified atom stereocenters. The number of rotatable bonds is 2. The number of nitrogen functional groups attached to an aromatic ring is 1. The number of anilines is 1. The molecule has 0 aliphatic carbocycles. The minimum Gasteiger partial charge on any atom is -0.394 e. The molecule has 2 rings (SSSR count). The van der Waals surface area contributed by atoms with Gasteiger partial charge in [-0.25, -0.2) is 0 Å². The van der Waals surface area contributed by atoms with E-state index in [1.165, 1.54) is 0 Å². The zero-order valence-electron chi connectivity index (χ0n) is 7.98. The Balaban J connectivity index is 2.16. The molecule has 0 aromatic carbocycles. The second-order valence-electron chi connectivity index (χ2n) is 3.56. The van der Waals surface area contributed by atoms with E-state index in [1.807, 2.05) is 0 Å². The molecule has 0 bridgehead atoms. The van der Waals surface area contributed by atoms with Gasteiger partial charge in [-0.15, -0.1) is 0 Å². The predicted molar refractivity (Wildman–Crippen MR) is 54.1 cm³/mol. The number of ether oxygens (including phenoxy) is 1. The predicted octanol–water partition coefficient (Wildman–Crippen LogP) is 0.609. The van der Waals surface area contributed by atoms with Crippen LogP contribution in [0, 0.1) is 0 Å². The Hall–Kier alpha value is -1.29. The lowest BCUT2D eigenvalue weighted by Crippen LogP contribution is -2.27. The van der Waals surface area contributed by atoms with Gasteiger partial charge >= 0.3 is 0 Å². The van der Waals surface area contributed by atoms with Gasteiger partial charge in [-0.1, -0.05) is 0 Å². The fourth-order valence-corrected chi connectivity index (χ4v) is 1.71. The summed E-state index contributed by atoms with van der Waals surface area (Å²) >= 11 is 0. The normalized spacial score (nSPS) is 21.3. The molecule has 2 heterocycles. The van der Waals surface area contributed by atoms with Gasteiger partial charge in [0, 0.05) is 12.8 Å². The number of hydrogen-bond acceptors (Lipinski definition) is 3. The number of pyridine rings is 1. The van der Waals surface area contributed by atoms with Crippen LogP contribution in [0.5, 0.6) is 0 Å². The molecule has 14 heavy (non-hydrogen) atoms. The maximum Gasteiger partial charge on any atom is 0.273 e. The molecule has 76 valence electrons. The molecular formula is C10H14N2O2. The standard InChI is InChI=1S/C10H14N2O2/c11-9-4-1-5-12(10(9)13)7-8-3-2-6-14-8/h1,4-5,8H,2-3,6-7,11H2. The SMILES string of the molecule is Nc1cccn(CC2CCCO2)c1=O. The molecule has 1 aliphatic rings. The first-order chi connectivity index (χ1) is 6.77. The molecule has 4 heteroatoms. The largest absolute Gasteiger partial charge is 0.394 e. The van der Waals surface area contributed by atoms with Gasteiger partial charge in [0.25, 0.3) is 5.56 Å². The highest BCUT2D eigenvalue weighted by Crippen LogP contribution is 2.13. The van der Waals surface area contributed by atoms with E-state index in [1.54, 1.807) is 22.9 Å². The molecule has 1 aromatic rings. The van der Waals surface area contributed by atoms with Crippen LogP contribution in [0.15, 0.2) is 23.1 Å². The molecule has 4 nitrogen and oxygen atoms in total.